The van der Waals surface area contributed by atoms with Gasteiger partial charge in [-0.25, -0.2) is 14.0 Å². The van der Waals surface area contributed by atoms with E-state index in [4.69, 9.17) is 27.8 Å². The number of alkyl halides is 2. The van der Waals surface area contributed by atoms with Crippen LogP contribution in [0.15, 0.2) is 56.6 Å². The van der Waals surface area contributed by atoms with Gasteiger partial charge in [0.25, 0.3) is 0 Å². The number of hydrogen-bond acceptors (Lipinski definition) is 8. The van der Waals surface area contributed by atoms with Gasteiger partial charge < -0.3 is 15.5 Å². The average molecular weight is 617 g/mol. The summed E-state index contributed by atoms with van der Waals surface area (Å²) in [6, 6.07) is 11.8. The third-order valence-corrected chi connectivity index (χ3v) is 6.00. The predicted octanol–water partition coefficient (Wildman–Crippen LogP) is 4.08. The number of nitrogens with one attached hydrogen (secondary N) is 3. The van der Waals surface area contributed by atoms with E-state index in [9.17, 15) is 14.4 Å². The third-order valence-electron chi connectivity index (χ3n) is 5.05. The van der Waals surface area contributed by atoms with E-state index in [0.29, 0.717) is 43.6 Å². The third kappa shape index (κ3) is 8.56. The summed E-state index contributed by atoms with van der Waals surface area (Å²) in [7, 11) is 0. The van der Waals surface area contributed by atoms with Gasteiger partial charge in [0.1, 0.15) is 5.82 Å². The van der Waals surface area contributed by atoms with Gasteiger partial charge in [0, 0.05) is 43.6 Å². The normalized spacial score (nSPS) is 11.3. The smallest absolute Gasteiger partial charge is 0.224 e. The number of aliphatic imine (C=N–C) groups is 1. The van der Waals surface area contributed by atoms with Crippen molar-refractivity contribution in [2.45, 2.75) is 6.42 Å². The van der Waals surface area contributed by atoms with Crippen molar-refractivity contribution in [2.75, 3.05) is 48.2 Å². The van der Waals surface area contributed by atoms with Crippen LogP contribution < -0.4 is 21.0 Å². The summed E-state index contributed by atoms with van der Waals surface area (Å²) in [5, 5.41) is 22.8. The summed E-state index contributed by atoms with van der Waals surface area (Å²) in [6.45, 7) is 1.91. The topological polar surface area (TPSA) is 128 Å². The first kappa shape index (κ1) is 28.6. The van der Waals surface area contributed by atoms with Crippen LogP contribution in [0.4, 0.5) is 21.6 Å². The van der Waals surface area contributed by atoms with Crippen molar-refractivity contribution in [3.63, 3.8) is 0 Å². The van der Waals surface area contributed by atoms with Gasteiger partial charge in [-0.1, -0.05) is 12.1 Å². The van der Waals surface area contributed by atoms with Gasteiger partial charge in [-0.3, -0.25) is 15.5 Å². The van der Waals surface area contributed by atoms with Gasteiger partial charge in [-0.05, 0) is 62.1 Å². The molecule has 198 valence electrons. The molecular formula is C23H25BrCl2FN7O3. The summed E-state index contributed by atoms with van der Waals surface area (Å²) in [4.78, 5) is 18.7. The zero-order chi connectivity index (χ0) is 26.6. The molecule has 0 radical (unpaired) electrons. The second kappa shape index (κ2) is 14.7. The van der Waals surface area contributed by atoms with Crippen molar-refractivity contribution in [2.24, 2.45) is 4.99 Å². The Kier molecular flexibility index (Phi) is 11.4. The van der Waals surface area contributed by atoms with E-state index in [1.807, 2.05) is 29.7 Å². The predicted molar refractivity (Wildman–Crippen MR) is 145 cm³/mol. The van der Waals surface area contributed by atoms with E-state index < -0.39 is 5.82 Å². The lowest BCUT2D eigenvalue weighted by molar-refractivity contribution is -0.120. The summed E-state index contributed by atoms with van der Waals surface area (Å²) in [6.07, 6.45) is 0.207. The Hall–Kier alpha value is -2.93. The van der Waals surface area contributed by atoms with Crippen LogP contribution in [0.5, 0.6) is 0 Å². The van der Waals surface area contributed by atoms with E-state index in [1.54, 1.807) is 0 Å². The Morgan fingerprint density at radius 1 is 1.14 bits per heavy atom. The van der Waals surface area contributed by atoms with Crippen LogP contribution in [-0.2, 0) is 11.2 Å². The number of carbonyl (C=O) groups is 1. The molecule has 10 nitrogen and oxygen atoms in total. The molecule has 0 bridgehead atoms. The highest BCUT2D eigenvalue weighted by Crippen LogP contribution is 2.23. The Balaban J connectivity index is 1.53. The van der Waals surface area contributed by atoms with E-state index in [-0.39, 0.29) is 34.1 Å². The SMILES string of the molecule is O=C(Cc1cccc(N(CCCl)CCCl)c1)NCCNc1nonc1C(=Nc1ccc(F)c(Br)c1)NO. The first-order valence-corrected chi connectivity index (χ1v) is 13.0. The largest absolute Gasteiger partial charge is 0.369 e. The standard InChI is InChI=1S/C23H25BrCl2FN7O3/c24-18-14-16(4-5-19(18)27)30-23(31-36)21-22(33-37-32-21)29-9-8-28-20(35)13-15-2-1-3-17(12-15)34(10-6-25)11-7-26/h1-5,12,14,36H,6-11,13H2,(H,28,35)(H,29,33)(H,30,31). The van der Waals surface area contributed by atoms with Crippen LogP contribution in [0.25, 0.3) is 0 Å². The van der Waals surface area contributed by atoms with Crippen LogP contribution in [0.1, 0.15) is 11.3 Å². The van der Waals surface area contributed by atoms with Gasteiger partial charge in [-0.15, -0.1) is 23.2 Å². The number of hydrogen-bond donors (Lipinski definition) is 4. The van der Waals surface area contributed by atoms with Gasteiger partial charge >= 0.3 is 0 Å². The molecule has 0 unspecified atom stereocenters. The number of amides is 1. The van der Waals surface area contributed by atoms with Crippen LogP contribution in [0.3, 0.4) is 0 Å². The number of halogens is 4. The average Bonchev–Trinajstić information content (AvgIpc) is 3.35. The molecule has 0 aliphatic heterocycles. The number of rotatable bonds is 13. The first-order valence-electron chi connectivity index (χ1n) is 11.2. The van der Waals surface area contributed by atoms with E-state index in [1.165, 1.54) is 18.2 Å². The van der Waals surface area contributed by atoms with Gasteiger partial charge in [0.15, 0.2) is 11.5 Å². The fraction of sp³-hybridized carbons (Fsp3) is 0.304. The second-order valence-corrected chi connectivity index (χ2v) is 9.23. The van der Waals surface area contributed by atoms with Crippen LogP contribution in [0, 0.1) is 5.82 Å². The van der Waals surface area contributed by atoms with E-state index in [0.717, 1.165) is 11.3 Å². The summed E-state index contributed by atoms with van der Waals surface area (Å²) in [5.74, 6) is 0.481. The molecule has 1 aromatic heterocycles. The molecule has 0 atom stereocenters. The highest BCUT2D eigenvalue weighted by molar-refractivity contribution is 9.10. The minimum atomic E-state index is -0.447. The minimum absolute atomic E-state index is 0.0662. The molecule has 2 aromatic carbocycles. The number of benzene rings is 2. The number of amidine groups is 1. The van der Waals surface area contributed by atoms with Crippen LogP contribution in [-0.4, -0.2) is 65.2 Å². The fourth-order valence-electron chi connectivity index (χ4n) is 3.34. The summed E-state index contributed by atoms with van der Waals surface area (Å²) >= 11 is 14.9. The molecule has 37 heavy (non-hydrogen) atoms. The van der Waals surface area contributed by atoms with Crippen LogP contribution in [0.2, 0.25) is 0 Å². The molecule has 0 fully saturated rings. The number of carbonyl (C=O) groups excluding carboxylic acids is 1. The number of aromatic nitrogens is 2. The van der Waals surface area contributed by atoms with Gasteiger partial charge in [0.2, 0.25) is 11.7 Å². The molecule has 1 heterocycles. The van der Waals surface area contributed by atoms with Crippen molar-refractivity contribution >= 4 is 68.1 Å². The quantitative estimate of drug-likeness (QED) is 0.0744. The number of anilines is 2. The monoisotopic (exact) mass is 615 g/mol. The highest BCUT2D eigenvalue weighted by Gasteiger charge is 2.17. The van der Waals surface area contributed by atoms with E-state index >= 15 is 0 Å². The zero-order valence-corrected chi connectivity index (χ0v) is 22.7. The Bertz CT molecular complexity index is 1210. The molecule has 0 spiro atoms. The zero-order valence-electron chi connectivity index (χ0n) is 19.6. The number of hydroxylamine groups is 1. The molecule has 1 amide bonds. The fourth-order valence-corrected chi connectivity index (χ4v) is 4.12. The maximum absolute atomic E-state index is 13.5. The van der Waals surface area contributed by atoms with Gasteiger partial charge in [-0.2, -0.15) is 0 Å². The second-order valence-electron chi connectivity index (χ2n) is 7.62. The van der Waals surface area contributed by atoms with Crippen LogP contribution >= 0.6 is 39.1 Å². The van der Waals surface area contributed by atoms with Crippen molar-refractivity contribution in [3.8, 4) is 0 Å². The Labute approximate surface area is 231 Å². The van der Waals surface area contributed by atoms with Crippen molar-refractivity contribution < 1.29 is 19.0 Å². The molecule has 0 saturated heterocycles. The molecule has 4 N–H and O–H groups in total. The maximum atomic E-state index is 13.5. The first-order chi connectivity index (χ1) is 17.9. The van der Waals surface area contributed by atoms with E-state index in [2.05, 4.69) is 46.8 Å². The van der Waals surface area contributed by atoms with Crippen molar-refractivity contribution in [3.05, 3.63) is 64.0 Å². The lowest BCUT2D eigenvalue weighted by Crippen LogP contribution is -2.31. The molecule has 3 aromatic rings. The van der Waals surface area contributed by atoms with Crippen molar-refractivity contribution in [1.82, 2.24) is 21.1 Å². The lowest BCUT2D eigenvalue weighted by Gasteiger charge is -2.23. The van der Waals surface area contributed by atoms with Gasteiger partial charge in [0.05, 0.1) is 16.6 Å². The molecule has 3 rings (SSSR count). The highest BCUT2D eigenvalue weighted by atomic mass is 79.9. The lowest BCUT2D eigenvalue weighted by atomic mass is 10.1. The Morgan fingerprint density at radius 2 is 1.92 bits per heavy atom. The summed E-state index contributed by atoms with van der Waals surface area (Å²) < 4.78 is 18.4. The maximum Gasteiger partial charge on any atom is 0.224 e. The molecule has 0 aliphatic carbocycles. The Morgan fingerprint density at radius 3 is 2.62 bits per heavy atom. The molecular weight excluding hydrogens is 592 g/mol. The summed E-state index contributed by atoms with van der Waals surface area (Å²) in [5.41, 5.74) is 4.22. The number of nitrogens with zero attached hydrogens (tertiary/aromatic N) is 4. The molecule has 0 saturated carbocycles. The van der Waals surface area contributed by atoms with Crippen molar-refractivity contribution in [1.29, 1.82) is 0 Å². The molecule has 14 heteroatoms. The minimum Gasteiger partial charge on any atom is -0.369 e. The molecule has 0 aliphatic rings.